The third kappa shape index (κ3) is 3.62. The van der Waals surface area contributed by atoms with Gasteiger partial charge in [-0.25, -0.2) is 4.98 Å². The van der Waals surface area contributed by atoms with Crippen molar-refractivity contribution < 1.29 is 9.47 Å². The van der Waals surface area contributed by atoms with Gasteiger partial charge in [0.05, 0.1) is 19.7 Å². The predicted octanol–water partition coefficient (Wildman–Crippen LogP) is 5.53. The van der Waals surface area contributed by atoms with Crippen LogP contribution in [-0.2, 0) is 6.54 Å². The van der Waals surface area contributed by atoms with Crippen molar-refractivity contribution in [2.24, 2.45) is 0 Å². The first-order valence-electron chi connectivity index (χ1n) is 9.18. The largest absolute Gasteiger partial charge is 0.493 e. The van der Waals surface area contributed by atoms with Crippen LogP contribution in [0, 0.1) is 0 Å². The van der Waals surface area contributed by atoms with Crippen LogP contribution >= 0.6 is 0 Å². The highest BCUT2D eigenvalue weighted by Gasteiger charge is 2.12. The van der Waals surface area contributed by atoms with Crippen molar-refractivity contribution in [1.29, 1.82) is 0 Å². The van der Waals surface area contributed by atoms with E-state index in [2.05, 4.69) is 29.6 Å². The lowest BCUT2D eigenvalue weighted by molar-refractivity contribution is 0.355. The average Bonchev–Trinajstić information content (AvgIpc) is 2.77. The van der Waals surface area contributed by atoms with Crippen molar-refractivity contribution in [3.63, 3.8) is 0 Å². The molecule has 3 aromatic carbocycles. The number of benzene rings is 3. The Bertz CT molecular complexity index is 1090. The minimum absolute atomic E-state index is 0.696. The molecule has 0 atom stereocenters. The molecular formula is C24H22N2O2. The molecule has 0 spiro atoms. The van der Waals surface area contributed by atoms with Gasteiger partial charge in [0.1, 0.15) is 5.82 Å². The number of pyridine rings is 1. The number of ether oxygens (including phenoxy) is 2. The summed E-state index contributed by atoms with van der Waals surface area (Å²) < 4.78 is 10.9. The van der Waals surface area contributed by atoms with Gasteiger partial charge in [-0.15, -0.1) is 0 Å². The molecule has 0 unspecified atom stereocenters. The molecule has 1 heterocycles. The smallest absolute Gasteiger partial charge is 0.161 e. The van der Waals surface area contributed by atoms with Crippen LogP contribution < -0.4 is 14.8 Å². The Labute approximate surface area is 164 Å². The summed E-state index contributed by atoms with van der Waals surface area (Å²) in [5, 5.41) is 4.60. The highest BCUT2D eigenvalue weighted by atomic mass is 16.5. The Morgan fingerprint density at radius 2 is 1.54 bits per heavy atom. The average molecular weight is 370 g/mol. The summed E-state index contributed by atoms with van der Waals surface area (Å²) in [6, 6.07) is 26.5. The van der Waals surface area contributed by atoms with Gasteiger partial charge in [0.25, 0.3) is 0 Å². The zero-order chi connectivity index (χ0) is 19.3. The Morgan fingerprint density at radius 1 is 0.786 bits per heavy atom. The fourth-order valence-electron chi connectivity index (χ4n) is 3.26. The highest BCUT2D eigenvalue weighted by Crippen LogP contribution is 2.36. The minimum atomic E-state index is 0.696. The van der Waals surface area contributed by atoms with Crippen LogP contribution in [-0.4, -0.2) is 19.2 Å². The van der Waals surface area contributed by atoms with Gasteiger partial charge in [0.2, 0.25) is 0 Å². The van der Waals surface area contributed by atoms with Gasteiger partial charge >= 0.3 is 0 Å². The fourth-order valence-corrected chi connectivity index (χ4v) is 3.26. The number of anilines is 1. The van der Waals surface area contributed by atoms with Crippen molar-refractivity contribution in [2.75, 3.05) is 19.5 Å². The molecule has 4 rings (SSSR count). The quantitative estimate of drug-likeness (QED) is 0.484. The lowest BCUT2D eigenvalue weighted by Crippen LogP contribution is -2.03. The van der Waals surface area contributed by atoms with Crippen LogP contribution in [0.15, 0.2) is 78.9 Å². The standard InChI is InChI=1S/C24H22N2O2/c1-27-22-13-12-18(15-23(22)28-2)20-14-19-10-6-7-11-21(19)26-24(20)25-16-17-8-4-3-5-9-17/h3-15H,16H2,1-2H3,(H,25,26). The molecule has 1 aromatic heterocycles. The van der Waals surface area contributed by atoms with Gasteiger partial charge < -0.3 is 14.8 Å². The van der Waals surface area contributed by atoms with Crippen LogP contribution in [0.4, 0.5) is 5.82 Å². The van der Waals surface area contributed by atoms with Crippen LogP contribution in [0.2, 0.25) is 0 Å². The molecule has 4 heteroatoms. The number of hydrogen-bond donors (Lipinski definition) is 1. The van der Waals surface area contributed by atoms with Gasteiger partial charge in [0.15, 0.2) is 11.5 Å². The monoisotopic (exact) mass is 370 g/mol. The van der Waals surface area contributed by atoms with E-state index in [4.69, 9.17) is 14.5 Å². The molecule has 0 saturated carbocycles. The van der Waals surface area contributed by atoms with E-state index in [0.717, 1.165) is 27.8 Å². The van der Waals surface area contributed by atoms with Crippen molar-refractivity contribution in [3.05, 3.63) is 84.4 Å². The van der Waals surface area contributed by atoms with E-state index in [1.807, 2.05) is 54.6 Å². The number of methoxy groups -OCH3 is 2. The molecule has 0 radical (unpaired) electrons. The van der Waals surface area contributed by atoms with Crippen LogP contribution in [0.1, 0.15) is 5.56 Å². The topological polar surface area (TPSA) is 43.4 Å². The maximum atomic E-state index is 5.49. The summed E-state index contributed by atoms with van der Waals surface area (Å²) in [6.45, 7) is 0.701. The third-order valence-electron chi connectivity index (χ3n) is 4.72. The van der Waals surface area contributed by atoms with E-state index in [-0.39, 0.29) is 0 Å². The van der Waals surface area contributed by atoms with E-state index in [1.165, 1.54) is 5.56 Å². The summed E-state index contributed by atoms with van der Waals surface area (Å²) in [7, 11) is 3.29. The molecule has 0 saturated heterocycles. The lowest BCUT2D eigenvalue weighted by Gasteiger charge is -2.15. The lowest BCUT2D eigenvalue weighted by atomic mass is 10.0. The second-order valence-electron chi connectivity index (χ2n) is 6.49. The SMILES string of the molecule is COc1ccc(-c2cc3ccccc3nc2NCc2ccccc2)cc1OC. The van der Waals surface area contributed by atoms with E-state index in [1.54, 1.807) is 14.2 Å². The number of fused-ring (bicyclic) bond motifs is 1. The summed E-state index contributed by atoms with van der Waals surface area (Å²) in [6.07, 6.45) is 0. The third-order valence-corrected chi connectivity index (χ3v) is 4.72. The molecule has 0 fully saturated rings. The van der Waals surface area contributed by atoms with Crippen molar-refractivity contribution >= 4 is 16.7 Å². The summed E-state index contributed by atoms with van der Waals surface area (Å²) >= 11 is 0. The molecule has 4 nitrogen and oxygen atoms in total. The molecule has 4 aromatic rings. The Balaban J connectivity index is 1.79. The normalized spacial score (nSPS) is 10.6. The molecule has 0 amide bonds. The zero-order valence-electron chi connectivity index (χ0n) is 16.0. The van der Waals surface area contributed by atoms with Gasteiger partial charge in [0, 0.05) is 17.5 Å². The molecule has 140 valence electrons. The molecule has 1 N–H and O–H groups in total. The Kier molecular flexibility index (Phi) is 5.11. The first kappa shape index (κ1) is 17.9. The molecular weight excluding hydrogens is 348 g/mol. The fraction of sp³-hybridized carbons (Fsp3) is 0.125. The number of rotatable bonds is 6. The van der Waals surface area contributed by atoms with Gasteiger partial charge in [-0.3, -0.25) is 0 Å². The number of nitrogens with one attached hydrogen (secondary N) is 1. The molecule has 28 heavy (non-hydrogen) atoms. The maximum Gasteiger partial charge on any atom is 0.161 e. The van der Waals surface area contributed by atoms with Crippen LogP contribution in [0.3, 0.4) is 0 Å². The van der Waals surface area contributed by atoms with Crippen molar-refractivity contribution in [2.45, 2.75) is 6.54 Å². The van der Waals surface area contributed by atoms with E-state index in [9.17, 15) is 0 Å². The predicted molar refractivity (Wildman–Crippen MR) is 114 cm³/mol. The molecule has 0 aliphatic carbocycles. The molecule has 0 aliphatic heterocycles. The van der Waals surface area contributed by atoms with E-state index in [0.29, 0.717) is 18.0 Å². The van der Waals surface area contributed by atoms with Gasteiger partial charge in [-0.05, 0) is 35.4 Å². The summed E-state index contributed by atoms with van der Waals surface area (Å²) in [5.74, 6) is 2.25. The molecule has 0 aliphatic rings. The van der Waals surface area contributed by atoms with Gasteiger partial charge in [-0.1, -0.05) is 54.6 Å². The minimum Gasteiger partial charge on any atom is -0.493 e. The number of aromatic nitrogens is 1. The summed E-state index contributed by atoms with van der Waals surface area (Å²) in [5.41, 5.74) is 4.21. The maximum absolute atomic E-state index is 5.49. The second kappa shape index (κ2) is 8.01. The van der Waals surface area contributed by atoms with E-state index >= 15 is 0 Å². The zero-order valence-corrected chi connectivity index (χ0v) is 16.0. The van der Waals surface area contributed by atoms with Gasteiger partial charge in [-0.2, -0.15) is 0 Å². The van der Waals surface area contributed by atoms with Crippen molar-refractivity contribution in [3.8, 4) is 22.6 Å². The number of para-hydroxylation sites is 1. The Morgan fingerprint density at radius 3 is 2.32 bits per heavy atom. The second-order valence-corrected chi connectivity index (χ2v) is 6.49. The Hall–Kier alpha value is -3.53. The molecule has 0 bridgehead atoms. The number of nitrogens with zero attached hydrogens (tertiary/aromatic N) is 1. The van der Waals surface area contributed by atoms with Crippen LogP contribution in [0.5, 0.6) is 11.5 Å². The first-order valence-corrected chi connectivity index (χ1v) is 9.18. The van der Waals surface area contributed by atoms with Crippen LogP contribution in [0.25, 0.3) is 22.0 Å². The van der Waals surface area contributed by atoms with E-state index < -0.39 is 0 Å². The first-order chi connectivity index (χ1) is 13.8. The van der Waals surface area contributed by atoms with Crippen molar-refractivity contribution in [1.82, 2.24) is 4.98 Å². The number of hydrogen-bond acceptors (Lipinski definition) is 4. The highest BCUT2D eigenvalue weighted by molar-refractivity contribution is 5.89. The summed E-state index contributed by atoms with van der Waals surface area (Å²) in [4.78, 5) is 4.88.